The monoisotopic (exact) mass is 409 g/mol. The van der Waals surface area contributed by atoms with E-state index in [-0.39, 0.29) is 27.2 Å². The summed E-state index contributed by atoms with van der Waals surface area (Å²) in [6.45, 7) is 2.11. The highest BCUT2D eigenvalue weighted by atomic mass is 35.5. The Morgan fingerprint density at radius 3 is 2.56 bits per heavy atom. The van der Waals surface area contributed by atoms with E-state index in [1.807, 2.05) is 0 Å². The zero-order valence-corrected chi connectivity index (χ0v) is 15.9. The third-order valence-electron chi connectivity index (χ3n) is 4.24. The molecule has 1 amide bonds. The minimum atomic E-state index is -4.05. The smallest absolute Gasteiger partial charge is 0.270 e. The minimum absolute atomic E-state index is 0.0301. The number of rotatable bonds is 5. The Balaban J connectivity index is 1.90. The second-order valence-electron chi connectivity index (χ2n) is 6.13. The van der Waals surface area contributed by atoms with E-state index in [0.29, 0.717) is 24.2 Å². The molecular formula is C17H16ClN3O5S. The molecule has 8 nitrogen and oxygen atoms in total. The molecule has 0 radical (unpaired) electrons. The third kappa shape index (κ3) is 3.88. The van der Waals surface area contributed by atoms with E-state index in [0.717, 1.165) is 12.5 Å². The molecule has 1 aliphatic heterocycles. The average molecular weight is 410 g/mol. The number of amides is 1. The first-order valence-corrected chi connectivity index (χ1v) is 9.93. The summed E-state index contributed by atoms with van der Waals surface area (Å²) in [5, 5.41) is 11.2. The van der Waals surface area contributed by atoms with Gasteiger partial charge in [0, 0.05) is 25.1 Å². The van der Waals surface area contributed by atoms with Crippen LogP contribution in [0.25, 0.3) is 0 Å². The number of carbonyl (C=O) groups excluding carboxylic acids is 1. The summed E-state index contributed by atoms with van der Waals surface area (Å²) in [4.78, 5) is 23.5. The number of aryl methyl sites for hydroxylation is 1. The van der Waals surface area contributed by atoms with Gasteiger partial charge in [-0.05, 0) is 37.1 Å². The van der Waals surface area contributed by atoms with Gasteiger partial charge in [0.05, 0.1) is 26.2 Å². The molecule has 0 atom stereocenters. The number of carbonyl (C=O) groups is 1. The topological polar surface area (TPSA) is 110 Å². The van der Waals surface area contributed by atoms with E-state index in [2.05, 4.69) is 4.72 Å². The van der Waals surface area contributed by atoms with Crippen LogP contribution in [0.4, 0.5) is 17.1 Å². The first kappa shape index (κ1) is 19.1. The average Bonchev–Trinajstić information content (AvgIpc) is 3.00. The summed E-state index contributed by atoms with van der Waals surface area (Å²) >= 11 is 6.23. The van der Waals surface area contributed by atoms with Gasteiger partial charge >= 0.3 is 0 Å². The van der Waals surface area contributed by atoms with Crippen molar-refractivity contribution in [2.24, 2.45) is 0 Å². The van der Waals surface area contributed by atoms with E-state index in [4.69, 9.17) is 11.6 Å². The molecule has 0 spiro atoms. The fourth-order valence-corrected chi connectivity index (χ4v) is 4.49. The van der Waals surface area contributed by atoms with Crippen LogP contribution in [0.15, 0.2) is 41.3 Å². The number of nitrogens with zero attached hydrogens (tertiary/aromatic N) is 2. The molecule has 0 aliphatic carbocycles. The predicted molar refractivity (Wildman–Crippen MR) is 102 cm³/mol. The number of non-ortho nitro benzene ring substituents is 1. The molecule has 10 heteroatoms. The highest BCUT2D eigenvalue weighted by Gasteiger charge is 2.25. The number of hydrogen-bond acceptors (Lipinski definition) is 5. The van der Waals surface area contributed by atoms with Gasteiger partial charge in [-0.2, -0.15) is 0 Å². The molecule has 2 aromatic carbocycles. The van der Waals surface area contributed by atoms with Crippen molar-refractivity contribution in [3.8, 4) is 0 Å². The van der Waals surface area contributed by atoms with E-state index >= 15 is 0 Å². The summed E-state index contributed by atoms with van der Waals surface area (Å²) in [5.74, 6) is -0.0301. The minimum Gasteiger partial charge on any atom is -0.311 e. The first-order chi connectivity index (χ1) is 12.7. The zero-order chi connectivity index (χ0) is 19.8. The van der Waals surface area contributed by atoms with Crippen LogP contribution in [0.2, 0.25) is 5.02 Å². The molecule has 3 rings (SSSR count). The standard InChI is InChI=1S/C17H16ClN3O5S/c1-11-4-6-13(21(23)24)10-16(11)27(25,26)19-12-5-7-15(14(18)9-12)20-8-2-3-17(20)22/h4-7,9-10,19H,2-3,8H2,1H3. The molecular weight excluding hydrogens is 394 g/mol. The molecule has 1 N–H and O–H groups in total. The lowest BCUT2D eigenvalue weighted by Crippen LogP contribution is -2.24. The summed E-state index contributed by atoms with van der Waals surface area (Å²) in [6.07, 6.45) is 1.20. The van der Waals surface area contributed by atoms with Crippen LogP contribution in [0.5, 0.6) is 0 Å². The van der Waals surface area contributed by atoms with Crippen LogP contribution in [0, 0.1) is 17.0 Å². The summed E-state index contributed by atoms with van der Waals surface area (Å²) in [6, 6.07) is 8.11. The van der Waals surface area contributed by atoms with Gasteiger partial charge in [0.2, 0.25) is 5.91 Å². The molecule has 0 aromatic heterocycles. The maximum absolute atomic E-state index is 12.7. The molecule has 1 saturated heterocycles. The van der Waals surface area contributed by atoms with Crippen LogP contribution in [0.3, 0.4) is 0 Å². The van der Waals surface area contributed by atoms with Crippen molar-refractivity contribution in [2.75, 3.05) is 16.2 Å². The summed E-state index contributed by atoms with van der Waals surface area (Å²) in [5.41, 5.74) is 0.773. The molecule has 0 unspecified atom stereocenters. The van der Waals surface area contributed by atoms with Gasteiger partial charge in [0.25, 0.3) is 15.7 Å². The van der Waals surface area contributed by atoms with Crippen molar-refractivity contribution in [1.29, 1.82) is 0 Å². The highest BCUT2D eigenvalue weighted by Crippen LogP contribution is 2.33. The molecule has 1 fully saturated rings. The maximum Gasteiger partial charge on any atom is 0.270 e. The molecule has 1 heterocycles. The van der Waals surface area contributed by atoms with Crippen LogP contribution in [-0.4, -0.2) is 25.8 Å². The Morgan fingerprint density at radius 2 is 1.96 bits per heavy atom. The SMILES string of the molecule is Cc1ccc([N+](=O)[O-])cc1S(=O)(=O)Nc1ccc(N2CCCC2=O)c(Cl)c1. The molecule has 142 valence electrons. The molecule has 2 aromatic rings. The number of halogens is 1. The summed E-state index contributed by atoms with van der Waals surface area (Å²) < 4.78 is 27.7. The Hall–Kier alpha value is -2.65. The summed E-state index contributed by atoms with van der Waals surface area (Å²) in [7, 11) is -4.05. The van der Waals surface area contributed by atoms with E-state index in [1.165, 1.54) is 24.3 Å². The highest BCUT2D eigenvalue weighted by molar-refractivity contribution is 7.92. The van der Waals surface area contributed by atoms with Gasteiger partial charge in [-0.25, -0.2) is 8.42 Å². The van der Waals surface area contributed by atoms with Crippen LogP contribution in [-0.2, 0) is 14.8 Å². The lowest BCUT2D eigenvalue weighted by atomic mass is 10.2. The van der Waals surface area contributed by atoms with Crippen LogP contribution >= 0.6 is 11.6 Å². The van der Waals surface area contributed by atoms with Gasteiger partial charge in [0.1, 0.15) is 0 Å². The lowest BCUT2D eigenvalue weighted by Gasteiger charge is -2.18. The Bertz CT molecular complexity index is 1040. The number of sulfonamides is 1. The lowest BCUT2D eigenvalue weighted by molar-refractivity contribution is -0.385. The van der Waals surface area contributed by atoms with E-state index < -0.39 is 14.9 Å². The number of nitro benzene ring substituents is 1. The quantitative estimate of drug-likeness (QED) is 0.600. The van der Waals surface area contributed by atoms with Gasteiger partial charge in [0.15, 0.2) is 0 Å². The number of nitrogens with one attached hydrogen (secondary N) is 1. The van der Waals surface area contributed by atoms with Crippen molar-refractivity contribution in [1.82, 2.24) is 0 Å². The maximum atomic E-state index is 12.7. The number of anilines is 2. The molecule has 1 aliphatic rings. The predicted octanol–water partition coefficient (Wildman–Crippen LogP) is 3.48. The van der Waals surface area contributed by atoms with E-state index in [9.17, 15) is 23.3 Å². The third-order valence-corrected chi connectivity index (χ3v) is 6.06. The van der Waals surface area contributed by atoms with Gasteiger partial charge in [-0.3, -0.25) is 19.6 Å². The number of benzene rings is 2. The first-order valence-electron chi connectivity index (χ1n) is 8.07. The van der Waals surface area contributed by atoms with Gasteiger partial charge in [-0.15, -0.1) is 0 Å². The van der Waals surface area contributed by atoms with Crippen molar-refractivity contribution in [3.63, 3.8) is 0 Å². The van der Waals surface area contributed by atoms with Crippen LogP contribution < -0.4 is 9.62 Å². The molecule has 0 saturated carbocycles. The number of hydrogen-bond donors (Lipinski definition) is 1. The fourth-order valence-electron chi connectivity index (χ4n) is 2.89. The second kappa shape index (κ2) is 7.16. The van der Waals surface area contributed by atoms with Crippen molar-refractivity contribution < 1.29 is 18.1 Å². The largest absolute Gasteiger partial charge is 0.311 e. The Morgan fingerprint density at radius 1 is 1.22 bits per heavy atom. The van der Waals surface area contributed by atoms with Crippen molar-refractivity contribution in [3.05, 3.63) is 57.1 Å². The van der Waals surface area contributed by atoms with Crippen molar-refractivity contribution in [2.45, 2.75) is 24.7 Å². The second-order valence-corrected chi connectivity index (χ2v) is 8.19. The number of nitro groups is 1. The Kier molecular flexibility index (Phi) is 5.07. The molecule has 0 bridgehead atoms. The van der Waals surface area contributed by atoms with Gasteiger partial charge in [-0.1, -0.05) is 17.7 Å². The fraction of sp³-hybridized carbons (Fsp3) is 0.235. The zero-order valence-electron chi connectivity index (χ0n) is 14.3. The van der Waals surface area contributed by atoms with Crippen LogP contribution in [0.1, 0.15) is 18.4 Å². The normalized spacial score (nSPS) is 14.4. The molecule has 27 heavy (non-hydrogen) atoms. The van der Waals surface area contributed by atoms with Crippen molar-refractivity contribution >= 4 is 44.6 Å². The van der Waals surface area contributed by atoms with E-state index in [1.54, 1.807) is 17.9 Å². The van der Waals surface area contributed by atoms with Gasteiger partial charge < -0.3 is 4.90 Å². The Labute approximate surface area is 160 Å².